The molecule has 0 aliphatic heterocycles. The largest absolute Gasteiger partial charge is 0.469 e. The summed E-state index contributed by atoms with van der Waals surface area (Å²) in [7, 11) is -3.04. The molecule has 0 spiro atoms. The van der Waals surface area contributed by atoms with Gasteiger partial charge in [-0.15, -0.1) is 0 Å². The van der Waals surface area contributed by atoms with Gasteiger partial charge in [0.1, 0.15) is 5.76 Å². The van der Waals surface area contributed by atoms with Crippen molar-refractivity contribution in [2.45, 2.75) is 44.9 Å². The summed E-state index contributed by atoms with van der Waals surface area (Å²) in [6.07, 6.45) is 2.41. The van der Waals surface area contributed by atoms with Crippen molar-refractivity contribution in [3.63, 3.8) is 0 Å². The maximum Gasteiger partial charge on any atom is 0.156 e. The highest BCUT2D eigenvalue weighted by molar-refractivity contribution is 7.92. The van der Waals surface area contributed by atoms with Crippen LogP contribution in [0, 0.1) is 0 Å². The van der Waals surface area contributed by atoms with Crippen LogP contribution in [0.1, 0.15) is 33.5 Å². The average molecular weight is 273 g/mol. The highest BCUT2D eigenvalue weighted by Crippen LogP contribution is 2.15. The van der Waals surface area contributed by atoms with Gasteiger partial charge in [-0.05, 0) is 39.8 Å². The molecule has 0 aliphatic rings. The van der Waals surface area contributed by atoms with Gasteiger partial charge < -0.3 is 9.73 Å². The van der Waals surface area contributed by atoms with E-state index in [2.05, 4.69) is 5.32 Å². The second-order valence-corrected chi connectivity index (χ2v) is 8.43. The quantitative estimate of drug-likeness (QED) is 0.861. The number of hydrogen-bond donors (Lipinski definition) is 1. The molecule has 4 nitrogen and oxygen atoms in total. The van der Waals surface area contributed by atoms with Crippen LogP contribution in [0.5, 0.6) is 0 Å². The third kappa shape index (κ3) is 4.46. The van der Waals surface area contributed by atoms with Gasteiger partial charge in [0.05, 0.1) is 16.8 Å². The Morgan fingerprint density at radius 1 is 1.39 bits per heavy atom. The summed E-state index contributed by atoms with van der Waals surface area (Å²) in [5, 5.41) is 3.21. The Balaban J connectivity index is 2.34. The van der Waals surface area contributed by atoms with Crippen molar-refractivity contribution in [2.24, 2.45) is 0 Å². The summed E-state index contributed by atoms with van der Waals surface area (Å²) in [6.45, 7) is 7.69. The minimum Gasteiger partial charge on any atom is -0.469 e. The fourth-order valence-corrected chi connectivity index (χ4v) is 2.55. The molecule has 0 fully saturated rings. The predicted molar refractivity (Wildman–Crippen MR) is 73.4 cm³/mol. The van der Waals surface area contributed by atoms with Crippen molar-refractivity contribution in [1.82, 2.24) is 5.32 Å². The van der Waals surface area contributed by atoms with Gasteiger partial charge in [-0.2, -0.15) is 0 Å². The van der Waals surface area contributed by atoms with E-state index in [1.807, 2.05) is 19.1 Å². The van der Waals surface area contributed by atoms with Crippen LogP contribution in [0.25, 0.3) is 0 Å². The van der Waals surface area contributed by atoms with Crippen molar-refractivity contribution in [3.8, 4) is 0 Å². The molecule has 1 heterocycles. The Bertz CT molecular complexity index is 443. The summed E-state index contributed by atoms with van der Waals surface area (Å²) in [5.41, 5.74) is 0. The summed E-state index contributed by atoms with van der Waals surface area (Å²) >= 11 is 0. The first-order valence-electron chi connectivity index (χ1n) is 6.20. The first-order valence-corrected chi connectivity index (χ1v) is 7.85. The molecule has 0 amide bonds. The van der Waals surface area contributed by atoms with Crippen LogP contribution < -0.4 is 5.32 Å². The lowest BCUT2D eigenvalue weighted by atomic mass is 10.2. The van der Waals surface area contributed by atoms with E-state index in [4.69, 9.17) is 4.42 Å². The fraction of sp³-hybridized carbons (Fsp3) is 0.692. The average Bonchev–Trinajstić information content (AvgIpc) is 2.68. The van der Waals surface area contributed by atoms with E-state index in [-0.39, 0.29) is 11.8 Å². The molecular weight excluding hydrogens is 250 g/mol. The Labute approximate surface area is 110 Å². The molecule has 1 aromatic heterocycles. The maximum absolute atomic E-state index is 11.9. The Kier molecular flexibility index (Phi) is 4.99. The smallest absolute Gasteiger partial charge is 0.156 e. The van der Waals surface area contributed by atoms with Crippen LogP contribution in [0.15, 0.2) is 22.8 Å². The minimum atomic E-state index is -3.04. The van der Waals surface area contributed by atoms with E-state index in [1.54, 1.807) is 27.0 Å². The van der Waals surface area contributed by atoms with Gasteiger partial charge in [0.2, 0.25) is 0 Å². The van der Waals surface area contributed by atoms with Gasteiger partial charge in [-0.1, -0.05) is 0 Å². The fourth-order valence-electron chi connectivity index (χ4n) is 1.55. The molecular formula is C13H23NO3S. The van der Waals surface area contributed by atoms with Crippen LogP contribution in [0.3, 0.4) is 0 Å². The van der Waals surface area contributed by atoms with Crippen LogP contribution in [-0.4, -0.2) is 31.5 Å². The zero-order valence-electron chi connectivity index (χ0n) is 11.6. The molecule has 1 aromatic rings. The lowest BCUT2D eigenvalue weighted by molar-refractivity contribution is 0.461. The molecule has 0 bridgehead atoms. The zero-order valence-corrected chi connectivity index (χ0v) is 12.4. The Morgan fingerprint density at radius 2 is 2.06 bits per heavy atom. The highest BCUT2D eigenvalue weighted by Gasteiger charge is 2.28. The molecule has 0 saturated heterocycles. The zero-order chi connectivity index (χ0) is 13.8. The summed E-state index contributed by atoms with van der Waals surface area (Å²) in [6, 6.07) is 3.97. The molecule has 0 aliphatic carbocycles. The standard InChI is InChI=1S/C13H23NO3S/c1-11(10-12-6-5-8-17-12)14-7-9-18(15,16)13(2,3)4/h5-6,8,11,14H,7,9-10H2,1-4H3. The first-order chi connectivity index (χ1) is 8.22. The van der Waals surface area contributed by atoms with Crippen LogP contribution in [-0.2, 0) is 16.3 Å². The molecule has 18 heavy (non-hydrogen) atoms. The Morgan fingerprint density at radius 3 is 2.56 bits per heavy atom. The second kappa shape index (κ2) is 5.89. The van der Waals surface area contributed by atoms with Gasteiger partial charge in [-0.25, -0.2) is 8.42 Å². The van der Waals surface area contributed by atoms with Gasteiger partial charge in [-0.3, -0.25) is 0 Å². The monoisotopic (exact) mass is 273 g/mol. The number of sulfone groups is 1. The Hall–Kier alpha value is -0.810. The van der Waals surface area contributed by atoms with Gasteiger partial charge in [0.25, 0.3) is 0 Å². The van der Waals surface area contributed by atoms with Gasteiger partial charge >= 0.3 is 0 Å². The molecule has 0 aromatic carbocycles. The lowest BCUT2D eigenvalue weighted by Gasteiger charge is -2.20. The lowest BCUT2D eigenvalue weighted by Crippen LogP contribution is -2.37. The van der Waals surface area contributed by atoms with E-state index in [0.717, 1.165) is 12.2 Å². The van der Waals surface area contributed by atoms with Gasteiger partial charge in [0.15, 0.2) is 9.84 Å². The van der Waals surface area contributed by atoms with Crippen molar-refractivity contribution < 1.29 is 12.8 Å². The highest BCUT2D eigenvalue weighted by atomic mass is 32.2. The maximum atomic E-state index is 11.9. The van der Waals surface area contributed by atoms with E-state index in [1.165, 1.54) is 0 Å². The molecule has 0 saturated carbocycles. The predicted octanol–water partition coefficient (Wildman–Crippen LogP) is 2.01. The van der Waals surface area contributed by atoms with E-state index >= 15 is 0 Å². The number of nitrogens with one attached hydrogen (secondary N) is 1. The van der Waals surface area contributed by atoms with Crippen molar-refractivity contribution >= 4 is 9.84 Å². The molecule has 104 valence electrons. The van der Waals surface area contributed by atoms with E-state index < -0.39 is 14.6 Å². The minimum absolute atomic E-state index is 0.166. The summed E-state index contributed by atoms with van der Waals surface area (Å²) < 4.78 is 28.3. The van der Waals surface area contributed by atoms with E-state index in [0.29, 0.717) is 6.54 Å². The SMILES string of the molecule is CC(Cc1ccco1)NCCS(=O)(=O)C(C)(C)C. The normalized spacial score (nSPS) is 14.7. The molecule has 1 rings (SSSR count). The van der Waals surface area contributed by atoms with Crippen molar-refractivity contribution in [1.29, 1.82) is 0 Å². The molecule has 0 radical (unpaired) electrons. The van der Waals surface area contributed by atoms with Crippen LogP contribution >= 0.6 is 0 Å². The molecule has 1 unspecified atom stereocenters. The van der Waals surface area contributed by atoms with E-state index in [9.17, 15) is 8.42 Å². The number of hydrogen-bond acceptors (Lipinski definition) is 4. The number of rotatable bonds is 6. The number of furan rings is 1. The van der Waals surface area contributed by atoms with Gasteiger partial charge in [0, 0.05) is 19.0 Å². The van der Waals surface area contributed by atoms with Crippen LogP contribution in [0.2, 0.25) is 0 Å². The topological polar surface area (TPSA) is 59.3 Å². The molecule has 1 N–H and O–H groups in total. The third-order valence-corrected chi connectivity index (χ3v) is 5.49. The summed E-state index contributed by atoms with van der Waals surface area (Å²) in [5.74, 6) is 1.08. The first kappa shape index (κ1) is 15.2. The molecule has 5 heteroatoms. The molecule has 1 atom stereocenters. The second-order valence-electron chi connectivity index (χ2n) is 5.57. The third-order valence-electron chi connectivity index (χ3n) is 2.88. The summed E-state index contributed by atoms with van der Waals surface area (Å²) in [4.78, 5) is 0. The van der Waals surface area contributed by atoms with Crippen LogP contribution in [0.4, 0.5) is 0 Å². The van der Waals surface area contributed by atoms with Crippen molar-refractivity contribution in [2.75, 3.05) is 12.3 Å². The van der Waals surface area contributed by atoms with Crippen molar-refractivity contribution in [3.05, 3.63) is 24.2 Å².